The molecule has 3 rings (SSSR count). The molecular weight excluding hydrogens is 400 g/mol. The van der Waals surface area contributed by atoms with Gasteiger partial charge in [-0.15, -0.1) is 0 Å². The molecular formula is C24H26O7. The van der Waals surface area contributed by atoms with E-state index in [1.807, 2.05) is 60.7 Å². The number of methoxy groups -OCH3 is 4. The lowest BCUT2D eigenvalue weighted by Crippen LogP contribution is -2.34. The van der Waals surface area contributed by atoms with Crippen LogP contribution < -0.4 is 10.2 Å². The van der Waals surface area contributed by atoms with Gasteiger partial charge < -0.3 is 28.1 Å². The average Bonchev–Trinajstić information content (AvgIpc) is 2.82. The lowest BCUT2D eigenvalue weighted by molar-refractivity contribution is -0.199. The summed E-state index contributed by atoms with van der Waals surface area (Å²) >= 11 is 0. The van der Waals surface area contributed by atoms with Crippen LogP contribution in [0.4, 0.5) is 0 Å². The molecule has 0 atom stereocenters. The number of hydrogen-bond acceptors (Lipinski definition) is 7. The maximum atomic E-state index is 13.1. The Balaban J connectivity index is 2.19. The van der Waals surface area contributed by atoms with Crippen molar-refractivity contribution in [3.8, 4) is 5.75 Å². The molecule has 164 valence electrons. The molecule has 0 aliphatic rings. The van der Waals surface area contributed by atoms with Gasteiger partial charge in [0.1, 0.15) is 6.61 Å². The molecule has 0 saturated carbocycles. The quantitative estimate of drug-likeness (QED) is 0.454. The summed E-state index contributed by atoms with van der Waals surface area (Å²) in [5, 5.41) is 0. The molecule has 7 nitrogen and oxygen atoms in total. The summed E-state index contributed by atoms with van der Waals surface area (Å²) in [6.45, 7) is 0.161. The third-order valence-electron chi connectivity index (χ3n) is 4.84. The van der Waals surface area contributed by atoms with Crippen LogP contribution in [-0.4, -0.2) is 28.4 Å². The highest BCUT2D eigenvalue weighted by atomic mass is 16.7. The standard InChI is InChI=1S/C24H26O7/c1-26-23(27-2)20-15-19(25)21(30-16-17-11-7-5-8-12-17)22(31-20)24(28-3,29-4)18-13-9-6-10-14-18/h5-15,23H,16H2,1-4H3. The Labute approximate surface area is 181 Å². The van der Waals surface area contributed by atoms with Crippen LogP contribution >= 0.6 is 0 Å². The molecule has 0 bridgehead atoms. The van der Waals surface area contributed by atoms with Crippen molar-refractivity contribution in [2.24, 2.45) is 0 Å². The van der Waals surface area contributed by atoms with E-state index in [2.05, 4.69) is 0 Å². The van der Waals surface area contributed by atoms with Gasteiger partial charge >= 0.3 is 0 Å². The molecule has 0 aliphatic carbocycles. The van der Waals surface area contributed by atoms with Crippen LogP contribution in [0.1, 0.15) is 28.9 Å². The second kappa shape index (κ2) is 10.4. The first-order valence-electron chi connectivity index (χ1n) is 9.66. The minimum atomic E-state index is -1.53. The smallest absolute Gasteiger partial charge is 0.259 e. The van der Waals surface area contributed by atoms with Gasteiger partial charge in [-0.3, -0.25) is 4.79 Å². The lowest BCUT2D eigenvalue weighted by atomic mass is 10.0. The van der Waals surface area contributed by atoms with Gasteiger partial charge in [-0.05, 0) is 5.56 Å². The minimum absolute atomic E-state index is 0.0221. The zero-order valence-corrected chi connectivity index (χ0v) is 18.0. The van der Waals surface area contributed by atoms with E-state index in [1.165, 1.54) is 34.5 Å². The second-order valence-corrected chi connectivity index (χ2v) is 6.64. The molecule has 0 fully saturated rings. The van der Waals surface area contributed by atoms with E-state index in [4.69, 9.17) is 28.1 Å². The maximum Gasteiger partial charge on any atom is 0.259 e. The largest absolute Gasteiger partial charge is 0.481 e. The maximum absolute atomic E-state index is 13.1. The average molecular weight is 426 g/mol. The van der Waals surface area contributed by atoms with Gasteiger partial charge in [0.2, 0.25) is 23.2 Å². The van der Waals surface area contributed by atoms with Gasteiger partial charge in [0.05, 0.1) is 0 Å². The van der Waals surface area contributed by atoms with Crippen LogP contribution in [0.3, 0.4) is 0 Å². The molecule has 0 N–H and O–H groups in total. The fraction of sp³-hybridized carbons (Fsp3) is 0.292. The molecule has 0 saturated heterocycles. The predicted octanol–water partition coefficient (Wildman–Crippen LogP) is 4.00. The fourth-order valence-corrected chi connectivity index (χ4v) is 3.32. The number of rotatable bonds is 10. The Morgan fingerprint density at radius 3 is 2.00 bits per heavy atom. The van der Waals surface area contributed by atoms with Crippen LogP contribution in [0.5, 0.6) is 5.75 Å². The Kier molecular flexibility index (Phi) is 7.59. The highest BCUT2D eigenvalue weighted by molar-refractivity contribution is 5.38. The normalized spacial score (nSPS) is 11.6. The van der Waals surface area contributed by atoms with Crippen LogP contribution in [0.15, 0.2) is 75.9 Å². The summed E-state index contributed by atoms with van der Waals surface area (Å²) in [4.78, 5) is 13.1. The molecule has 0 amide bonds. The fourth-order valence-electron chi connectivity index (χ4n) is 3.32. The van der Waals surface area contributed by atoms with E-state index >= 15 is 0 Å². The van der Waals surface area contributed by atoms with Gasteiger partial charge in [0.25, 0.3) is 5.79 Å². The summed E-state index contributed by atoms with van der Waals surface area (Å²) in [7, 11) is 5.83. The van der Waals surface area contributed by atoms with Crippen LogP contribution in [0, 0.1) is 0 Å². The molecule has 0 unspecified atom stereocenters. The number of benzene rings is 2. The van der Waals surface area contributed by atoms with E-state index in [-0.39, 0.29) is 23.9 Å². The van der Waals surface area contributed by atoms with E-state index in [0.717, 1.165) is 5.56 Å². The van der Waals surface area contributed by atoms with Gasteiger partial charge in [0, 0.05) is 40.1 Å². The first kappa shape index (κ1) is 22.7. The van der Waals surface area contributed by atoms with Crippen molar-refractivity contribution in [3.63, 3.8) is 0 Å². The first-order valence-corrected chi connectivity index (χ1v) is 9.66. The minimum Gasteiger partial charge on any atom is -0.481 e. The van der Waals surface area contributed by atoms with Crippen LogP contribution in [-0.2, 0) is 31.3 Å². The van der Waals surface area contributed by atoms with Crippen molar-refractivity contribution in [3.05, 3.63) is 99.6 Å². The summed E-state index contributed by atoms with van der Waals surface area (Å²) < 4.78 is 34.2. The monoisotopic (exact) mass is 426 g/mol. The van der Waals surface area contributed by atoms with Crippen molar-refractivity contribution in [1.29, 1.82) is 0 Å². The van der Waals surface area contributed by atoms with Crippen molar-refractivity contribution in [1.82, 2.24) is 0 Å². The molecule has 31 heavy (non-hydrogen) atoms. The zero-order valence-electron chi connectivity index (χ0n) is 18.0. The molecule has 3 aromatic rings. The van der Waals surface area contributed by atoms with Gasteiger partial charge in [-0.25, -0.2) is 0 Å². The van der Waals surface area contributed by atoms with E-state index in [0.29, 0.717) is 5.56 Å². The van der Waals surface area contributed by atoms with Crippen molar-refractivity contribution in [2.45, 2.75) is 18.7 Å². The van der Waals surface area contributed by atoms with E-state index < -0.39 is 17.5 Å². The van der Waals surface area contributed by atoms with Gasteiger partial charge in [-0.1, -0.05) is 60.7 Å². The van der Waals surface area contributed by atoms with Crippen LogP contribution in [0.25, 0.3) is 0 Å². The Bertz CT molecular complexity index is 1010. The molecule has 1 heterocycles. The lowest BCUT2D eigenvalue weighted by Gasteiger charge is -2.31. The summed E-state index contributed by atoms with van der Waals surface area (Å²) in [5.41, 5.74) is 1.10. The first-order chi connectivity index (χ1) is 15.1. The SMILES string of the molecule is COC(OC)c1cc(=O)c(OCc2ccccc2)c(C(OC)(OC)c2ccccc2)o1. The van der Waals surface area contributed by atoms with Crippen molar-refractivity contribution < 1.29 is 28.1 Å². The molecule has 0 radical (unpaired) electrons. The summed E-state index contributed by atoms with van der Waals surface area (Å²) in [6, 6.07) is 19.9. The van der Waals surface area contributed by atoms with E-state index in [9.17, 15) is 4.79 Å². The number of ether oxygens (including phenoxy) is 5. The van der Waals surface area contributed by atoms with Gasteiger partial charge in [-0.2, -0.15) is 0 Å². The molecule has 2 aromatic carbocycles. The highest BCUT2D eigenvalue weighted by Crippen LogP contribution is 2.39. The highest BCUT2D eigenvalue weighted by Gasteiger charge is 2.42. The summed E-state index contributed by atoms with van der Waals surface area (Å²) in [6.07, 6.45) is -0.892. The zero-order chi connectivity index (χ0) is 22.3. The Hall–Kier alpha value is -2.97. The molecule has 1 aromatic heterocycles. The second-order valence-electron chi connectivity index (χ2n) is 6.64. The third kappa shape index (κ3) is 4.70. The van der Waals surface area contributed by atoms with E-state index in [1.54, 1.807) is 0 Å². The molecule has 7 heteroatoms. The summed E-state index contributed by atoms with van der Waals surface area (Å²) in [5.74, 6) is -1.34. The molecule has 0 aliphatic heterocycles. The predicted molar refractivity (Wildman–Crippen MR) is 114 cm³/mol. The number of hydrogen-bond donors (Lipinski definition) is 0. The van der Waals surface area contributed by atoms with Crippen LogP contribution in [0.2, 0.25) is 0 Å². The molecule has 0 spiro atoms. The van der Waals surface area contributed by atoms with Crippen molar-refractivity contribution >= 4 is 0 Å². The van der Waals surface area contributed by atoms with Gasteiger partial charge in [0.15, 0.2) is 5.76 Å². The third-order valence-corrected chi connectivity index (χ3v) is 4.84. The Morgan fingerprint density at radius 1 is 0.871 bits per heavy atom. The van der Waals surface area contributed by atoms with Crippen molar-refractivity contribution in [2.75, 3.05) is 28.4 Å². The Morgan fingerprint density at radius 2 is 1.45 bits per heavy atom. The topological polar surface area (TPSA) is 76.4 Å².